The third kappa shape index (κ3) is 4.65. The lowest BCUT2D eigenvalue weighted by Gasteiger charge is -2.32. The van der Waals surface area contributed by atoms with E-state index < -0.39 is 0 Å². The van der Waals surface area contributed by atoms with Crippen molar-refractivity contribution in [1.82, 2.24) is 9.80 Å². The first-order chi connectivity index (χ1) is 7.24. The molecule has 0 aromatic heterocycles. The summed E-state index contributed by atoms with van der Waals surface area (Å²) < 4.78 is 0. The molecule has 3 nitrogen and oxygen atoms in total. The van der Waals surface area contributed by atoms with E-state index in [1.165, 1.54) is 0 Å². The quantitative estimate of drug-likeness (QED) is 0.641. The van der Waals surface area contributed by atoms with Crippen LogP contribution in [0.1, 0.15) is 32.1 Å². The molecule has 1 rings (SSSR count). The van der Waals surface area contributed by atoms with Crippen LogP contribution in [0.15, 0.2) is 0 Å². The second kappa shape index (κ2) is 6.83. The zero-order valence-corrected chi connectivity index (χ0v) is 9.74. The van der Waals surface area contributed by atoms with Gasteiger partial charge in [0.15, 0.2) is 0 Å². The monoisotopic (exact) mass is 210 g/mol. The summed E-state index contributed by atoms with van der Waals surface area (Å²) in [6.07, 6.45) is 4.54. The second-order valence-corrected chi connectivity index (χ2v) is 4.28. The van der Waals surface area contributed by atoms with Crippen molar-refractivity contribution in [3.63, 3.8) is 0 Å². The summed E-state index contributed by atoms with van der Waals surface area (Å²) in [6.45, 7) is 9.21. The van der Waals surface area contributed by atoms with Crippen LogP contribution in [0.2, 0.25) is 0 Å². The molecule has 0 saturated carbocycles. The summed E-state index contributed by atoms with van der Waals surface area (Å²) in [6, 6.07) is 0. The largest absolute Gasteiger partial charge is 0.340 e. The normalized spacial score (nSPS) is 18.1. The number of amides is 1. The van der Waals surface area contributed by atoms with Crippen LogP contribution in [0.3, 0.4) is 0 Å². The zero-order chi connectivity index (χ0) is 11.1. The molecule has 15 heavy (non-hydrogen) atoms. The van der Waals surface area contributed by atoms with Gasteiger partial charge in [-0.3, -0.25) is 4.79 Å². The molecule has 0 aliphatic carbocycles. The van der Waals surface area contributed by atoms with Crippen LogP contribution in [0.25, 0.3) is 0 Å². The van der Waals surface area contributed by atoms with Gasteiger partial charge in [0.05, 0.1) is 0 Å². The van der Waals surface area contributed by atoms with Gasteiger partial charge in [-0.1, -0.05) is 12.8 Å². The first-order valence-electron chi connectivity index (χ1n) is 5.90. The smallest absolute Gasteiger partial charge is 0.222 e. The molecule has 3 heteroatoms. The summed E-state index contributed by atoms with van der Waals surface area (Å²) in [5.41, 5.74) is 0. The molecule has 0 N–H and O–H groups in total. The molecule has 1 saturated heterocycles. The maximum Gasteiger partial charge on any atom is 0.222 e. The van der Waals surface area contributed by atoms with Crippen LogP contribution < -0.4 is 0 Å². The fourth-order valence-electron chi connectivity index (χ4n) is 1.81. The van der Waals surface area contributed by atoms with Gasteiger partial charge in [0.1, 0.15) is 0 Å². The molecular weight excluding hydrogens is 188 g/mol. The number of rotatable bonds is 5. The summed E-state index contributed by atoms with van der Waals surface area (Å²) in [5, 5.41) is 0. The first-order valence-corrected chi connectivity index (χ1v) is 5.90. The molecule has 1 aliphatic heterocycles. The summed E-state index contributed by atoms with van der Waals surface area (Å²) in [4.78, 5) is 16.0. The first kappa shape index (κ1) is 12.5. The van der Waals surface area contributed by atoms with Gasteiger partial charge >= 0.3 is 0 Å². The number of carbonyl (C=O) groups is 1. The van der Waals surface area contributed by atoms with Gasteiger partial charge in [-0.05, 0) is 26.8 Å². The molecule has 1 fully saturated rings. The minimum absolute atomic E-state index is 0.320. The van der Waals surface area contributed by atoms with Crippen LogP contribution in [-0.2, 0) is 4.79 Å². The van der Waals surface area contributed by atoms with Crippen molar-refractivity contribution in [2.24, 2.45) is 0 Å². The lowest BCUT2D eigenvalue weighted by molar-refractivity contribution is -0.132. The van der Waals surface area contributed by atoms with Gasteiger partial charge in [-0.25, -0.2) is 0 Å². The zero-order valence-electron chi connectivity index (χ0n) is 9.74. The Morgan fingerprint density at radius 1 is 1.13 bits per heavy atom. The Kier molecular flexibility index (Phi) is 5.69. The van der Waals surface area contributed by atoms with Gasteiger partial charge in [0.25, 0.3) is 0 Å². The Balaban J connectivity index is 2.11. The summed E-state index contributed by atoms with van der Waals surface area (Å²) in [7, 11) is 2.10. The highest BCUT2D eigenvalue weighted by Gasteiger charge is 2.17. The molecule has 0 bridgehead atoms. The average molecular weight is 210 g/mol. The number of carbonyl (C=O) groups excluding carboxylic acids is 1. The Bertz CT molecular complexity index is 186. The SMILES string of the molecule is [CH]CCCCCC(=O)N1CCN(C)CC1. The van der Waals surface area contributed by atoms with Gasteiger partial charge in [-0.15, -0.1) is 0 Å². The minimum atomic E-state index is 0.320. The topological polar surface area (TPSA) is 23.6 Å². The number of unbranched alkanes of at least 4 members (excludes halogenated alkanes) is 3. The van der Waals surface area contributed by atoms with Gasteiger partial charge in [-0.2, -0.15) is 0 Å². The fourth-order valence-corrected chi connectivity index (χ4v) is 1.81. The Hall–Kier alpha value is -0.570. The number of hydrogen-bond donors (Lipinski definition) is 0. The van der Waals surface area contributed by atoms with Crippen molar-refractivity contribution in [3.05, 3.63) is 6.92 Å². The summed E-state index contributed by atoms with van der Waals surface area (Å²) in [5.74, 6) is 0.320. The molecule has 86 valence electrons. The van der Waals surface area contributed by atoms with Crippen LogP contribution in [-0.4, -0.2) is 48.9 Å². The predicted molar refractivity (Wildman–Crippen MR) is 61.5 cm³/mol. The number of nitrogens with zero attached hydrogens (tertiary/aromatic N) is 2. The molecule has 0 spiro atoms. The minimum Gasteiger partial charge on any atom is -0.340 e. The molecule has 0 aromatic rings. The van der Waals surface area contributed by atoms with Crippen molar-refractivity contribution in [2.75, 3.05) is 33.2 Å². The molecule has 1 amide bonds. The van der Waals surface area contributed by atoms with Gasteiger partial charge in [0.2, 0.25) is 5.91 Å². The maximum atomic E-state index is 11.7. The van der Waals surface area contributed by atoms with Crippen molar-refractivity contribution in [3.8, 4) is 0 Å². The van der Waals surface area contributed by atoms with E-state index in [1.807, 2.05) is 4.90 Å². The van der Waals surface area contributed by atoms with Crippen molar-refractivity contribution >= 4 is 5.91 Å². The number of likely N-dealkylation sites (N-methyl/N-ethyl adjacent to an activating group) is 1. The van der Waals surface area contributed by atoms with Crippen molar-refractivity contribution in [1.29, 1.82) is 0 Å². The third-order valence-electron chi connectivity index (χ3n) is 2.95. The van der Waals surface area contributed by atoms with Crippen molar-refractivity contribution in [2.45, 2.75) is 32.1 Å². The summed E-state index contributed by atoms with van der Waals surface area (Å²) >= 11 is 0. The van der Waals surface area contributed by atoms with Crippen LogP contribution in [0, 0.1) is 6.92 Å². The van der Waals surface area contributed by atoms with E-state index in [1.54, 1.807) is 0 Å². The van der Waals surface area contributed by atoms with Crippen molar-refractivity contribution < 1.29 is 4.79 Å². The Labute approximate surface area is 93.4 Å². The molecule has 1 aliphatic rings. The molecule has 0 aromatic carbocycles. The highest BCUT2D eigenvalue weighted by Crippen LogP contribution is 2.07. The Morgan fingerprint density at radius 3 is 2.40 bits per heavy atom. The molecular formula is C12H22N2O. The van der Waals surface area contributed by atoms with Gasteiger partial charge in [0, 0.05) is 32.6 Å². The standard InChI is InChI=1S/C12H22N2O/c1-3-4-5-6-7-12(15)14-10-8-13(2)9-11-14/h1H,3-11H2,2H3. The number of hydrogen-bond acceptors (Lipinski definition) is 2. The highest BCUT2D eigenvalue weighted by molar-refractivity contribution is 5.76. The maximum absolute atomic E-state index is 11.7. The average Bonchev–Trinajstić information content (AvgIpc) is 2.25. The Morgan fingerprint density at radius 2 is 1.80 bits per heavy atom. The predicted octanol–water partition coefficient (Wildman–Crippen LogP) is 1.42. The van der Waals surface area contributed by atoms with Crippen LogP contribution in [0.4, 0.5) is 0 Å². The van der Waals surface area contributed by atoms with E-state index in [0.29, 0.717) is 12.3 Å². The molecule has 2 radical (unpaired) electrons. The fraction of sp³-hybridized carbons (Fsp3) is 0.833. The van der Waals surface area contributed by atoms with Gasteiger partial charge < -0.3 is 9.80 Å². The van der Waals surface area contributed by atoms with E-state index in [4.69, 9.17) is 6.92 Å². The van der Waals surface area contributed by atoms with Crippen LogP contribution in [0.5, 0.6) is 0 Å². The van der Waals surface area contributed by atoms with E-state index >= 15 is 0 Å². The van der Waals surface area contributed by atoms with E-state index in [2.05, 4.69) is 11.9 Å². The highest BCUT2D eigenvalue weighted by atomic mass is 16.2. The van der Waals surface area contributed by atoms with Crippen LogP contribution >= 0.6 is 0 Å². The lowest BCUT2D eigenvalue weighted by atomic mass is 10.1. The van der Waals surface area contributed by atoms with E-state index in [9.17, 15) is 4.79 Å². The second-order valence-electron chi connectivity index (χ2n) is 4.28. The van der Waals surface area contributed by atoms with E-state index in [-0.39, 0.29) is 0 Å². The van der Waals surface area contributed by atoms with E-state index in [0.717, 1.165) is 51.9 Å². The number of piperazine rings is 1. The molecule has 0 unspecified atom stereocenters. The lowest BCUT2D eigenvalue weighted by Crippen LogP contribution is -2.47. The third-order valence-corrected chi connectivity index (χ3v) is 2.95. The molecule has 0 atom stereocenters. The molecule has 1 heterocycles.